The molecule has 0 spiro atoms. The Hall–Kier alpha value is -4.09. The molecule has 1 atom stereocenters. The molecule has 1 unspecified atom stereocenters. The highest BCUT2D eigenvalue weighted by Crippen LogP contribution is 2.28. The minimum atomic E-state index is -1.26. The van der Waals surface area contributed by atoms with Crippen LogP contribution in [0.25, 0.3) is 16.9 Å². The second-order valence-corrected chi connectivity index (χ2v) is 10.4. The molecular formula is C28H31FN8O2. The van der Waals surface area contributed by atoms with Crippen molar-refractivity contribution in [2.75, 3.05) is 43.4 Å². The molecule has 5 heterocycles. The van der Waals surface area contributed by atoms with E-state index in [4.69, 9.17) is 0 Å². The second kappa shape index (κ2) is 9.90. The Kier molecular flexibility index (Phi) is 6.40. The van der Waals surface area contributed by atoms with E-state index in [1.807, 2.05) is 12.1 Å². The lowest BCUT2D eigenvalue weighted by atomic mass is 9.95. The van der Waals surface area contributed by atoms with Crippen LogP contribution in [0, 0.1) is 0 Å². The third-order valence-corrected chi connectivity index (χ3v) is 7.47. The molecule has 2 aliphatic rings. The number of nitrogens with zero attached hydrogens (tertiary/aromatic N) is 7. The van der Waals surface area contributed by atoms with E-state index in [1.54, 1.807) is 25.1 Å². The molecule has 0 saturated carbocycles. The molecule has 39 heavy (non-hydrogen) atoms. The fourth-order valence-corrected chi connectivity index (χ4v) is 5.10. The summed E-state index contributed by atoms with van der Waals surface area (Å²) in [5, 5.41) is 14.5. The highest BCUT2D eigenvalue weighted by Gasteiger charge is 2.27. The van der Waals surface area contributed by atoms with Gasteiger partial charge in [-0.3, -0.25) is 4.79 Å². The number of nitrogens with one attached hydrogen (secondary N) is 1. The molecule has 10 nitrogen and oxygen atoms in total. The van der Waals surface area contributed by atoms with Gasteiger partial charge in [0, 0.05) is 43.8 Å². The number of piperazine rings is 1. The van der Waals surface area contributed by atoms with Gasteiger partial charge in [0.1, 0.15) is 16.8 Å². The van der Waals surface area contributed by atoms with Gasteiger partial charge in [0.05, 0.1) is 12.2 Å². The Morgan fingerprint density at radius 3 is 2.59 bits per heavy atom. The van der Waals surface area contributed by atoms with E-state index >= 15 is 0 Å². The number of likely N-dealkylation sites (N-methyl/N-ethyl adjacent to an activating group) is 1. The SMILES string of the molecule is CN1CCN(c2ccc(Nc3ncc4c(=O)n5n(c4n3)-c3cccc(n3)C(C)(O)CC/C=C(\F)C5)cc2)CC1. The van der Waals surface area contributed by atoms with E-state index in [0.29, 0.717) is 35.9 Å². The second-order valence-electron chi connectivity index (χ2n) is 10.4. The zero-order valence-electron chi connectivity index (χ0n) is 22.0. The summed E-state index contributed by atoms with van der Waals surface area (Å²) >= 11 is 0. The number of rotatable bonds is 3. The van der Waals surface area contributed by atoms with Gasteiger partial charge in [0.2, 0.25) is 5.95 Å². The number of aromatic nitrogens is 5. The summed E-state index contributed by atoms with van der Waals surface area (Å²) in [6.45, 7) is 5.41. The summed E-state index contributed by atoms with van der Waals surface area (Å²) < 4.78 is 17.7. The number of hydrogen-bond donors (Lipinski definition) is 2. The van der Waals surface area contributed by atoms with E-state index in [1.165, 1.54) is 21.6 Å². The van der Waals surface area contributed by atoms with Gasteiger partial charge in [-0.15, -0.1) is 0 Å². The third-order valence-electron chi connectivity index (χ3n) is 7.47. The van der Waals surface area contributed by atoms with Crippen molar-refractivity contribution in [1.82, 2.24) is 29.2 Å². The number of fused-ring (bicyclic) bond motifs is 6. The molecule has 2 N–H and O–H groups in total. The van der Waals surface area contributed by atoms with Crippen molar-refractivity contribution in [3.05, 3.63) is 76.6 Å². The standard InChI is InChI=1S/C28H31FN8O2/c1-28(39)12-4-5-19(29)18-36-26(38)22-17-30-27(33-25(22)37(36)24-7-3-6-23(28)32-24)31-20-8-10-21(11-9-20)35-15-13-34(2)14-16-35/h3,5-11,17,39H,4,12-16,18H2,1-2H3,(H,30,31,33)/b19-5-. The quantitative estimate of drug-likeness (QED) is 0.416. The molecule has 1 fully saturated rings. The Balaban J connectivity index is 1.38. The van der Waals surface area contributed by atoms with Crippen molar-refractivity contribution in [3.63, 3.8) is 0 Å². The number of halogens is 1. The molecule has 1 aromatic carbocycles. The van der Waals surface area contributed by atoms with Crippen LogP contribution in [0.1, 0.15) is 25.5 Å². The fourth-order valence-electron chi connectivity index (χ4n) is 5.10. The van der Waals surface area contributed by atoms with Crippen LogP contribution in [-0.2, 0) is 12.1 Å². The number of pyridine rings is 1. The largest absolute Gasteiger partial charge is 0.384 e. The average molecular weight is 531 g/mol. The maximum absolute atomic E-state index is 14.9. The van der Waals surface area contributed by atoms with E-state index in [0.717, 1.165) is 37.6 Å². The first-order chi connectivity index (χ1) is 18.8. The summed E-state index contributed by atoms with van der Waals surface area (Å²) in [5.74, 6) is 0.179. The Labute approximate surface area is 225 Å². The predicted molar refractivity (Wildman–Crippen MR) is 148 cm³/mol. The fraction of sp³-hybridized carbons (Fsp3) is 0.357. The smallest absolute Gasteiger partial charge is 0.278 e. The first kappa shape index (κ1) is 25.2. The number of benzene rings is 1. The molecule has 11 heteroatoms. The van der Waals surface area contributed by atoms with E-state index in [-0.39, 0.29) is 11.9 Å². The summed E-state index contributed by atoms with van der Waals surface area (Å²) in [5.41, 5.74) is 1.01. The summed E-state index contributed by atoms with van der Waals surface area (Å²) in [7, 11) is 2.13. The molecular weight excluding hydrogens is 499 g/mol. The highest BCUT2D eigenvalue weighted by atomic mass is 19.1. The lowest BCUT2D eigenvalue weighted by Gasteiger charge is -2.34. The molecule has 6 rings (SSSR count). The van der Waals surface area contributed by atoms with Crippen molar-refractivity contribution in [3.8, 4) is 5.82 Å². The van der Waals surface area contributed by atoms with Crippen molar-refractivity contribution < 1.29 is 9.50 Å². The van der Waals surface area contributed by atoms with Gasteiger partial charge < -0.3 is 20.2 Å². The topological polar surface area (TPSA) is 104 Å². The Morgan fingerprint density at radius 2 is 1.82 bits per heavy atom. The first-order valence-corrected chi connectivity index (χ1v) is 13.1. The lowest BCUT2D eigenvalue weighted by molar-refractivity contribution is 0.0442. The molecule has 0 amide bonds. The van der Waals surface area contributed by atoms with Crippen molar-refractivity contribution >= 4 is 28.4 Å². The van der Waals surface area contributed by atoms with Gasteiger partial charge in [-0.1, -0.05) is 12.1 Å². The lowest BCUT2D eigenvalue weighted by Crippen LogP contribution is -2.44. The van der Waals surface area contributed by atoms with Crippen molar-refractivity contribution in [2.24, 2.45) is 0 Å². The highest BCUT2D eigenvalue weighted by molar-refractivity contribution is 5.77. The van der Waals surface area contributed by atoms with Crippen LogP contribution < -0.4 is 15.8 Å². The van der Waals surface area contributed by atoms with Gasteiger partial charge in [-0.25, -0.2) is 23.7 Å². The van der Waals surface area contributed by atoms with E-state index in [2.05, 4.69) is 49.2 Å². The van der Waals surface area contributed by atoms with Crippen LogP contribution in [0.2, 0.25) is 0 Å². The maximum Gasteiger partial charge on any atom is 0.278 e. The van der Waals surface area contributed by atoms with Crippen molar-refractivity contribution in [1.29, 1.82) is 0 Å². The number of allylic oxidation sites excluding steroid dienone is 2. The van der Waals surface area contributed by atoms with Crippen LogP contribution in [0.5, 0.6) is 0 Å². The minimum Gasteiger partial charge on any atom is -0.384 e. The molecule has 0 aliphatic carbocycles. The number of hydrogen-bond acceptors (Lipinski definition) is 8. The van der Waals surface area contributed by atoms with E-state index < -0.39 is 17.0 Å². The number of aliphatic hydroxyl groups is 1. The van der Waals surface area contributed by atoms with Crippen LogP contribution in [-0.4, -0.2) is 67.5 Å². The van der Waals surface area contributed by atoms with Gasteiger partial charge in [-0.2, -0.15) is 4.98 Å². The molecule has 0 radical (unpaired) electrons. The molecule has 1 saturated heterocycles. The first-order valence-electron chi connectivity index (χ1n) is 13.1. The van der Waals surface area contributed by atoms with Crippen LogP contribution in [0.15, 0.2) is 65.4 Å². The molecule has 2 bridgehead atoms. The normalized spacial score (nSPS) is 21.6. The van der Waals surface area contributed by atoms with Crippen molar-refractivity contribution in [2.45, 2.75) is 31.9 Å². The Morgan fingerprint density at radius 1 is 1.05 bits per heavy atom. The molecule has 202 valence electrons. The minimum absolute atomic E-state index is 0.245. The zero-order chi connectivity index (χ0) is 27.1. The van der Waals surface area contributed by atoms with Gasteiger partial charge in [-0.05, 0) is 63.2 Å². The Bertz CT molecular complexity index is 1600. The van der Waals surface area contributed by atoms with Crippen LogP contribution >= 0.6 is 0 Å². The van der Waals surface area contributed by atoms with Gasteiger partial charge in [0.25, 0.3) is 5.56 Å². The molecule has 4 aromatic rings. The third kappa shape index (κ3) is 4.90. The van der Waals surface area contributed by atoms with Gasteiger partial charge in [0.15, 0.2) is 11.5 Å². The summed E-state index contributed by atoms with van der Waals surface area (Å²) in [6.07, 6.45) is 3.46. The summed E-state index contributed by atoms with van der Waals surface area (Å²) in [4.78, 5) is 31.7. The number of anilines is 3. The van der Waals surface area contributed by atoms with Crippen LogP contribution in [0.3, 0.4) is 0 Å². The molecule has 3 aromatic heterocycles. The molecule has 2 aliphatic heterocycles. The van der Waals surface area contributed by atoms with Gasteiger partial charge >= 0.3 is 0 Å². The monoisotopic (exact) mass is 530 g/mol. The summed E-state index contributed by atoms with van der Waals surface area (Å²) in [6, 6.07) is 13.3. The zero-order valence-corrected chi connectivity index (χ0v) is 22.0. The van der Waals surface area contributed by atoms with E-state index in [9.17, 15) is 14.3 Å². The average Bonchev–Trinajstić information content (AvgIpc) is 3.19. The van der Waals surface area contributed by atoms with Crippen LogP contribution in [0.4, 0.5) is 21.7 Å². The maximum atomic E-state index is 14.9. The predicted octanol–water partition coefficient (Wildman–Crippen LogP) is 3.33.